The van der Waals surface area contributed by atoms with Crippen LogP contribution >= 0.6 is 11.6 Å². The van der Waals surface area contributed by atoms with E-state index in [1.54, 1.807) is 25.3 Å². The van der Waals surface area contributed by atoms with Gasteiger partial charge < -0.3 is 49.1 Å². The summed E-state index contributed by atoms with van der Waals surface area (Å²) >= 11 is 6.96. The fraction of sp³-hybridized carbons (Fsp3) is 0.690. The Kier molecular flexibility index (Phi) is 13.0. The largest absolute Gasteiger partial charge is 0.491 e. The summed E-state index contributed by atoms with van der Waals surface area (Å²) < 4.78 is 35.1. The van der Waals surface area contributed by atoms with Gasteiger partial charge in [0.15, 0.2) is 0 Å². The van der Waals surface area contributed by atoms with Gasteiger partial charge in [-0.3, -0.25) is 14.5 Å². The van der Waals surface area contributed by atoms with Crippen LogP contribution in [0.5, 0.6) is 17.4 Å². The molecule has 2 aliphatic heterocycles. The molecule has 59 heavy (non-hydrogen) atoms. The number of rotatable bonds is 17. The van der Waals surface area contributed by atoms with Gasteiger partial charge in [0, 0.05) is 44.6 Å². The van der Waals surface area contributed by atoms with Crippen LogP contribution in [0, 0.1) is 23.2 Å². The first kappa shape index (κ1) is 43.0. The molecule has 3 saturated carbocycles. The molecule has 1 aromatic heterocycles. The number of morpholine rings is 1. The Morgan fingerprint density at radius 3 is 2.42 bits per heavy atom. The topological polar surface area (TPSA) is 187 Å². The lowest BCUT2D eigenvalue weighted by atomic mass is 9.85. The summed E-state index contributed by atoms with van der Waals surface area (Å²) in [5.41, 5.74) is -1.82. The monoisotopic (exact) mass is 843 g/mol. The quantitative estimate of drug-likeness (QED) is 0.192. The minimum atomic E-state index is -1.42. The summed E-state index contributed by atoms with van der Waals surface area (Å²) in [4.78, 5) is 62.9. The number of benzene rings is 1. The van der Waals surface area contributed by atoms with Crippen molar-refractivity contribution in [3.05, 3.63) is 23.2 Å². The molecule has 1 unspecified atom stereocenters. The number of carboxylic acids is 1. The molecule has 3 N–H and O–H groups in total. The average Bonchev–Trinajstić information content (AvgIpc) is 4.01. The molecule has 2 saturated heterocycles. The predicted octanol–water partition coefficient (Wildman–Crippen LogP) is 4.28. The van der Waals surface area contributed by atoms with E-state index < -0.39 is 53.0 Å². The second kappa shape index (κ2) is 17.8. The van der Waals surface area contributed by atoms with E-state index in [-0.39, 0.29) is 42.5 Å². The van der Waals surface area contributed by atoms with E-state index >= 15 is 0 Å². The van der Waals surface area contributed by atoms with E-state index in [1.807, 2.05) is 27.7 Å². The van der Waals surface area contributed by atoms with Gasteiger partial charge in [-0.15, -0.1) is 0 Å². The number of likely N-dealkylation sites (tertiary alicyclic amines) is 1. The van der Waals surface area contributed by atoms with Crippen LogP contribution in [0.1, 0.15) is 66.2 Å². The van der Waals surface area contributed by atoms with Crippen molar-refractivity contribution in [2.45, 2.75) is 96.1 Å². The summed E-state index contributed by atoms with van der Waals surface area (Å²) in [6.45, 7) is 11.9. The number of hydrogen-bond donors (Lipinski definition) is 3. The maximum Gasteiger partial charge on any atom is 0.408 e. The van der Waals surface area contributed by atoms with Gasteiger partial charge >= 0.3 is 12.1 Å². The molecule has 2 aromatic rings. The lowest BCUT2D eigenvalue weighted by Crippen LogP contribution is -2.59. The number of alkyl carbamates (subject to hydrolysis) is 1. The van der Waals surface area contributed by atoms with Gasteiger partial charge in [-0.25, -0.2) is 14.6 Å². The van der Waals surface area contributed by atoms with Gasteiger partial charge in [0.2, 0.25) is 17.7 Å². The van der Waals surface area contributed by atoms with Crippen molar-refractivity contribution in [3.8, 4) is 17.4 Å². The zero-order chi connectivity index (χ0) is 42.1. The summed E-state index contributed by atoms with van der Waals surface area (Å²) in [6.07, 6.45) is 2.09. The summed E-state index contributed by atoms with van der Waals surface area (Å²) in [6, 6.07) is 3.00. The van der Waals surface area contributed by atoms with Crippen LogP contribution in [-0.4, -0.2) is 140 Å². The third kappa shape index (κ3) is 9.76. The number of amides is 3. The van der Waals surface area contributed by atoms with Gasteiger partial charge in [0.25, 0.3) is 0 Å². The molecule has 0 bridgehead atoms. The number of aromatic nitrogens is 1. The van der Waals surface area contributed by atoms with Gasteiger partial charge in [0.1, 0.15) is 65.1 Å². The van der Waals surface area contributed by atoms with Crippen molar-refractivity contribution >= 4 is 46.4 Å². The van der Waals surface area contributed by atoms with E-state index in [0.717, 1.165) is 25.9 Å². The molecule has 3 amide bonds. The Morgan fingerprint density at radius 2 is 1.76 bits per heavy atom. The molecule has 0 spiro atoms. The van der Waals surface area contributed by atoms with Crippen LogP contribution < -0.4 is 24.8 Å². The number of nitrogens with zero attached hydrogens (tertiary/aromatic N) is 3. The van der Waals surface area contributed by atoms with E-state index in [4.69, 9.17) is 45.0 Å². The van der Waals surface area contributed by atoms with Crippen molar-refractivity contribution in [2.75, 3.05) is 66.3 Å². The molecule has 324 valence electrons. The number of nitrogens with one attached hydrogen (secondary N) is 2. The third-order valence-electron chi connectivity index (χ3n) is 12.4. The summed E-state index contributed by atoms with van der Waals surface area (Å²) in [5.74, 6) is -0.255. The maximum absolute atomic E-state index is 14.7. The van der Waals surface area contributed by atoms with Crippen molar-refractivity contribution in [1.29, 1.82) is 0 Å². The standard InChI is InChI=1S/C42H58ClN5O11/c1-6-26-22-42(26,39(51)52)46-37(49)30-20-28(23-48(30)38(50)36(41(2,3)4)45-40(53)59-27-18-24-17-25(24)19-27)58-32-21-33(57-16-15-54-5)44-35-29(32)7-8-31(34(35)43)56-14-11-47-9-12-55-13-10-47/h7-8,21,24-28,30,36H,6,9-20,22-23H2,1-5H3,(H,45,53)(H,46,49)(H,51,52)/t24-,25+,26-,27?,28-,30+,36-,42-/m1/s1. The molecule has 0 radical (unpaired) electrons. The Balaban J connectivity index is 1.14. The number of ether oxygens (including phenoxy) is 6. The van der Waals surface area contributed by atoms with Gasteiger partial charge in [0.05, 0.1) is 26.4 Å². The number of halogens is 1. The Bertz CT molecular complexity index is 1880. The molecular formula is C42H58ClN5O11. The lowest BCUT2D eigenvalue weighted by molar-refractivity contribution is -0.146. The fourth-order valence-electron chi connectivity index (χ4n) is 8.83. The van der Waals surface area contributed by atoms with E-state index in [2.05, 4.69) is 15.5 Å². The average molecular weight is 844 g/mol. The molecule has 3 heterocycles. The van der Waals surface area contributed by atoms with Gasteiger partial charge in [-0.1, -0.05) is 45.7 Å². The second-order valence-electron chi connectivity index (χ2n) is 17.6. The molecule has 3 aliphatic carbocycles. The molecule has 17 heteroatoms. The first-order valence-electron chi connectivity index (χ1n) is 20.9. The van der Waals surface area contributed by atoms with Crippen LogP contribution in [0.4, 0.5) is 4.79 Å². The molecule has 16 nitrogen and oxygen atoms in total. The number of aliphatic carboxylic acids is 1. The third-order valence-corrected chi connectivity index (χ3v) is 12.8. The number of carbonyl (C=O) groups excluding carboxylic acids is 3. The summed E-state index contributed by atoms with van der Waals surface area (Å²) in [5, 5.41) is 16.6. The number of fused-ring (bicyclic) bond motifs is 2. The molecule has 7 rings (SSSR count). The maximum atomic E-state index is 14.7. The Hall–Kier alpha value is -4.12. The smallest absolute Gasteiger partial charge is 0.408 e. The van der Waals surface area contributed by atoms with E-state index in [0.29, 0.717) is 80.1 Å². The first-order chi connectivity index (χ1) is 28.2. The molecule has 1 aromatic carbocycles. The zero-order valence-electron chi connectivity index (χ0n) is 34.6. The second-order valence-corrected chi connectivity index (χ2v) is 18.0. The van der Waals surface area contributed by atoms with Gasteiger partial charge in [-0.2, -0.15) is 0 Å². The highest BCUT2D eigenvalue weighted by molar-refractivity contribution is 6.36. The van der Waals surface area contributed by atoms with Crippen LogP contribution in [0.15, 0.2) is 18.2 Å². The van der Waals surface area contributed by atoms with Crippen LogP contribution in [-0.2, 0) is 28.6 Å². The molecular weight excluding hydrogens is 786 g/mol. The Labute approximate surface area is 349 Å². The zero-order valence-corrected chi connectivity index (χ0v) is 35.4. The normalized spacial score (nSPS) is 28.1. The van der Waals surface area contributed by atoms with Crippen LogP contribution in [0.3, 0.4) is 0 Å². The highest BCUT2D eigenvalue weighted by atomic mass is 35.5. The number of methoxy groups -OCH3 is 1. The number of hydrogen-bond acceptors (Lipinski definition) is 12. The van der Waals surface area contributed by atoms with Crippen molar-refractivity contribution < 1.29 is 52.7 Å². The number of pyridine rings is 1. The van der Waals surface area contributed by atoms with Crippen LogP contribution in [0.25, 0.3) is 10.9 Å². The molecule has 8 atom stereocenters. The lowest BCUT2D eigenvalue weighted by Gasteiger charge is -2.35. The highest BCUT2D eigenvalue weighted by Gasteiger charge is 2.61. The SMILES string of the molecule is CC[C@@H]1C[C@]1(NC(=O)[C@@H]1C[C@@H](Oc2cc(OCCOC)nc3c(Cl)c(OCCN4CCOCC4)ccc23)CN1C(=O)[C@@H](NC(=O)OC1C[C@@H]2C[C@@H]2C1)C(C)(C)C)C(=O)O. The van der Waals surface area contributed by atoms with E-state index in [9.17, 15) is 24.3 Å². The van der Waals surface area contributed by atoms with Crippen molar-refractivity contribution in [2.24, 2.45) is 23.2 Å². The minimum Gasteiger partial charge on any atom is -0.491 e. The predicted molar refractivity (Wildman–Crippen MR) is 216 cm³/mol. The summed E-state index contributed by atoms with van der Waals surface area (Å²) in [7, 11) is 1.56. The van der Waals surface area contributed by atoms with Crippen molar-refractivity contribution in [3.63, 3.8) is 0 Å². The van der Waals surface area contributed by atoms with Gasteiger partial charge in [-0.05, 0) is 61.0 Å². The number of carbonyl (C=O) groups is 4. The molecule has 5 aliphatic rings. The number of carboxylic acid groups (broad SMARTS) is 1. The van der Waals surface area contributed by atoms with E-state index in [1.165, 1.54) is 11.3 Å². The first-order valence-corrected chi connectivity index (χ1v) is 21.3. The minimum absolute atomic E-state index is 0.0381. The highest BCUT2D eigenvalue weighted by Crippen LogP contribution is 2.52. The molecule has 5 fully saturated rings. The fourth-order valence-corrected chi connectivity index (χ4v) is 9.09. The van der Waals surface area contributed by atoms with Crippen LogP contribution in [0.2, 0.25) is 5.02 Å². The van der Waals surface area contributed by atoms with Crippen molar-refractivity contribution in [1.82, 2.24) is 25.4 Å². The Morgan fingerprint density at radius 1 is 1.02 bits per heavy atom.